The Kier molecular flexibility index (Phi) is 4.21. The van der Waals surface area contributed by atoms with Crippen molar-refractivity contribution in [2.45, 2.75) is 13.5 Å². The summed E-state index contributed by atoms with van der Waals surface area (Å²) < 4.78 is 1.76. The second kappa shape index (κ2) is 7.04. The highest BCUT2D eigenvalue weighted by Crippen LogP contribution is 2.26. The summed E-state index contributed by atoms with van der Waals surface area (Å²) in [5.74, 6) is -0.951. The number of aromatic carboxylic acids is 1. The maximum Gasteiger partial charge on any atom is 0.335 e. The summed E-state index contributed by atoms with van der Waals surface area (Å²) >= 11 is 0. The van der Waals surface area contributed by atoms with Crippen molar-refractivity contribution in [3.05, 3.63) is 83.6 Å². The lowest BCUT2D eigenvalue weighted by molar-refractivity contribution is 0.0696. The van der Waals surface area contributed by atoms with Gasteiger partial charge in [-0.05, 0) is 54.4 Å². The second-order valence-electron chi connectivity index (χ2n) is 7.10. The van der Waals surface area contributed by atoms with Crippen LogP contribution in [0.5, 0.6) is 0 Å². The number of carbonyl (C=O) groups is 1. The molecule has 7 heteroatoms. The molecule has 1 N–H and O–H groups in total. The Hall–Kier alpha value is -4.13. The van der Waals surface area contributed by atoms with Crippen LogP contribution in [-0.4, -0.2) is 36.0 Å². The lowest BCUT2D eigenvalue weighted by Crippen LogP contribution is -2.04. The van der Waals surface area contributed by atoms with Crippen molar-refractivity contribution in [1.82, 2.24) is 25.0 Å². The van der Waals surface area contributed by atoms with Crippen LogP contribution in [0.4, 0.5) is 0 Å². The second-order valence-corrected chi connectivity index (χ2v) is 7.10. The van der Waals surface area contributed by atoms with Crippen molar-refractivity contribution in [2.24, 2.45) is 0 Å². The number of aromatic nitrogens is 5. The van der Waals surface area contributed by atoms with E-state index in [0.717, 1.165) is 22.0 Å². The van der Waals surface area contributed by atoms with Gasteiger partial charge in [-0.15, -0.1) is 5.10 Å². The summed E-state index contributed by atoms with van der Waals surface area (Å²) in [7, 11) is 0. The van der Waals surface area contributed by atoms with Crippen molar-refractivity contribution in [3.63, 3.8) is 0 Å². The van der Waals surface area contributed by atoms with Gasteiger partial charge in [-0.2, -0.15) is 0 Å². The van der Waals surface area contributed by atoms with Gasteiger partial charge in [-0.1, -0.05) is 29.5 Å². The Morgan fingerprint density at radius 2 is 1.90 bits per heavy atom. The van der Waals surface area contributed by atoms with Crippen molar-refractivity contribution in [2.75, 3.05) is 0 Å². The van der Waals surface area contributed by atoms with Crippen LogP contribution < -0.4 is 0 Å². The summed E-state index contributed by atoms with van der Waals surface area (Å²) in [6, 6.07) is 18.9. The number of hydrogen-bond donors (Lipinski definition) is 1. The van der Waals surface area contributed by atoms with Crippen LogP contribution in [0, 0.1) is 6.92 Å². The van der Waals surface area contributed by atoms with Crippen LogP contribution in [0.3, 0.4) is 0 Å². The van der Waals surface area contributed by atoms with E-state index in [1.807, 2.05) is 42.5 Å². The summed E-state index contributed by atoms with van der Waals surface area (Å²) in [5, 5.41) is 19.0. The third-order valence-corrected chi connectivity index (χ3v) is 5.20. The zero-order valence-electron chi connectivity index (χ0n) is 16.1. The molecule has 0 aliphatic heterocycles. The summed E-state index contributed by atoms with van der Waals surface area (Å²) in [4.78, 5) is 20.6. The van der Waals surface area contributed by atoms with Gasteiger partial charge in [0.25, 0.3) is 0 Å². The van der Waals surface area contributed by atoms with Crippen molar-refractivity contribution in [3.8, 4) is 11.3 Å². The molecule has 0 saturated carbocycles. The van der Waals surface area contributed by atoms with Gasteiger partial charge < -0.3 is 5.11 Å². The smallest absolute Gasteiger partial charge is 0.335 e. The number of benzene rings is 2. The van der Waals surface area contributed by atoms with Crippen LogP contribution >= 0.6 is 0 Å². The van der Waals surface area contributed by atoms with Gasteiger partial charge in [0.05, 0.1) is 23.3 Å². The normalized spacial score (nSPS) is 11.2. The average Bonchev–Trinajstić information content (AvgIpc) is 3.15. The van der Waals surface area contributed by atoms with Gasteiger partial charge in [0.1, 0.15) is 5.52 Å². The number of hydrogen-bond acceptors (Lipinski definition) is 5. The van der Waals surface area contributed by atoms with Crippen LogP contribution in [0.1, 0.15) is 21.5 Å². The van der Waals surface area contributed by atoms with Gasteiger partial charge >= 0.3 is 5.97 Å². The van der Waals surface area contributed by atoms with E-state index in [0.29, 0.717) is 29.0 Å². The van der Waals surface area contributed by atoms with Gasteiger partial charge in [-0.25, -0.2) is 14.5 Å². The van der Waals surface area contributed by atoms with Gasteiger partial charge in [0, 0.05) is 17.1 Å². The molecule has 0 aliphatic rings. The molecule has 0 spiro atoms. The molecule has 0 saturated heterocycles. The summed E-state index contributed by atoms with van der Waals surface area (Å²) in [6.07, 6.45) is 1.78. The third-order valence-electron chi connectivity index (χ3n) is 5.20. The maximum absolute atomic E-state index is 11.5. The molecule has 0 amide bonds. The monoisotopic (exact) mass is 395 g/mol. The molecule has 0 atom stereocenters. The van der Waals surface area contributed by atoms with Crippen LogP contribution in [-0.2, 0) is 6.54 Å². The molecule has 3 aromatic heterocycles. The Labute approximate surface area is 171 Å². The number of carboxylic acids is 1. The standard InChI is InChI=1S/C23H17N5O2/c1-14-17(5-2-6-18(14)23(29)30)20-9-10-21-22(25-20)28(27-26-21)13-15-7-8-19-16(12-15)4-3-11-24-19/h2-12H,13H2,1H3,(H,29,30). The topological polar surface area (TPSA) is 93.8 Å². The minimum atomic E-state index is -0.951. The van der Waals surface area contributed by atoms with E-state index in [-0.39, 0.29) is 5.56 Å². The van der Waals surface area contributed by atoms with E-state index in [1.165, 1.54) is 0 Å². The zero-order chi connectivity index (χ0) is 20.7. The fraction of sp³-hybridized carbons (Fsp3) is 0.0870. The Morgan fingerprint density at radius 1 is 1.03 bits per heavy atom. The van der Waals surface area contributed by atoms with Gasteiger partial charge in [0.15, 0.2) is 5.65 Å². The first-order chi connectivity index (χ1) is 14.6. The largest absolute Gasteiger partial charge is 0.478 e. The highest BCUT2D eigenvalue weighted by molar-refractivity contribution is 5.92. The molecule has 0 fully saturated rings. The highest BCUT2D eigenvalue weighted by Gasteiger charge is 2.14. The molecule has 0 unspecified atom stereocenters. The molecule has 0 bridgehead atoms. The minimum Gasteiger partial charge on any atom is -0.478 e. The molecule has 30 heavy (non-hydrogen) atoms. The number of pyridine rings is 2. The SMILES string of the molecule is Cc1c(C(=O)O)cccc1-c1ccc2nnn(Cc3ccc4ncccc4c3)c2n1. The molecular weight excluding hydrogens is 378 g/mol. The van der Waals surface area contributed by atoms with Crippen molar-refractivity contribution >= 4 is 28.0 Å². The number of nitrogens with zero attached hydrogens (tertiary/aromatic N) is 5. The molecule has 5 rings (SSSR count). The van der Waals surface area contributed by atoms with E-state index in [2.05, 4.69) is 21.4 Å². The first-order valence-electron chi connectivity index (χ1n) is 9.47. The fourth-order valence-electron chi connectivity index (χ4n) is 3.65. The first kappa shape index (κ1) is 17.9. The number of carboxylic acid groups (broad SMARTS) is 1. The lowest BCUT2D eigenvalue weighted by Gasteiger charge is -2.09. The van der Waals surface area contributed by atoms with Crippen LogP contribution in [0.2, 0.25) is 0 Å². The Balaban J connectivity index is 1.56. The van der Waals surface area contributed by atoms with Crippen molar-refractivity contribution in [1.29, 1.82) is 0 Å². The maximum atomic E-state index is 11.5. The van der Waals surface area contributed by atoms with E-state index >= 15 is 0 Å². The predicted molar refractivity (Wildman–Crippen MR) is 113 cm³/mol. The highest BCUT2D eigenvalue weighted by atomic mass is 16.4. The molecule has 0 aliphatic carbocycles. The first-order valence-corrected chi connectivity index (χ1v) is 9.47. The minimum absolute atomic E-state index is 0.269. The molecule has 5 aromatic rings. The van der Waals surface area contributed by atoms with Crippen molar-refractivity contribution < 1.29 is 9.90 Å². The molecular formula is C23H17N5O2. The molecule has 7 nitrogen and oxygen atoms in total. The molecule has 3 heterocycles. The Morgan fingerprint density at radius 3 is 2.77 bits per heavy atom. The zero-order valence-corrected chi connectivity index (χ0v) is 16.1. The van der Waals surface area contributed by atoms with Crippen LogP contribution in [0.15, 0.2) is 66.9 Å². The third kappa shape index (κ3) is 3.06. The molecule has 2 aromatic carbocycles. The fourth-order valence-corrected chi connectivity index (χ4v) is 3.65. The van der Waals surface area contributed by atoms with Gasteiger partial charge in [-0.3, -0.25) is 4.98 Å². The molecule has 0 radical (unpaired) electrons. The number of fused-ring (bicyclic) bond motifs is 2. The lowest BCUT2D eigenvalue weighted by atomic mass is 9.99. The average molecular weight is 395 g/mol. The van der Waals surface area contributed by atoms with Gasteiger partial charge in [0.2, 0.25) is 0 Å². The molecule has 146 valence electrons. The van der Waals surface area contributed by atoms with E-state index < -0.39 is 5.97 Å². The summed E-state index contributed by atoms with van der Waals surface area (Å²) in [5.41, 5.74) is 5.77. The quantitative estimate of drug-likeness (QED) is 0.492. The van der Waals surface area contributed by atoms with E-state index in [1.54, 1.807) is 29.9 Å². The van der Waals surface area contributed by atoms with E-state index in [4.69, 9.17) is 4.98 Å². The number of rotatable bonds is 4. The Bertz CT molecular complexity index is 1420. The summed E-state index contributed by atoms with van der Waals surface area (Å²) in [6.45, 7) is 2.31. The van der Waals surface area contributed by atoms with E-state index in [9.17, 15) is 9.90 Å². The predicted octanol–water partition coefficient (Wildman–Crippen LogP) is 4.10. The van der Waals surface area contributed by atoms with Crippen LogP contribution in [0.25, 0.3) is 33.3 Å².